The van der Waals surface area contributed by atoms with Crippen molar-refractivity contribution in [1.82, 2.24) is 14.8 Å². The molecule has 1 atom stereocenters. The molecule has 1 N–H and O–H groups in total. The van der Waals surface area contributed by atoms with Gasteiger partial charge in [-0.1, -0.05) is 60.7 Å². The molecule has 1 aliphatic rings. The number of halogens is 1. The van der Waals surface area contributed by atoms with Crippen molar-refractivity contribution in [1.29, 1.82) is 0 Å². The Hall–Kier alpha value is -4.60. The summed E-state index contributed by atoms with van der Waals surface area (Å²) in [5, 5.41) is 0.729. The Kier molecular flexibility index (Phi) is 7.69. The van der Waals surface area contributed by atoms with Crippen LogP contribution >= 0.6 is 0 Å². The predicted octanol–water partition coefficient (Wildman–Crippen LogP) is 5.87. The molecule has 0 saturated carbocycles. The highest BCUT2D eigenvalue weighted by Gasteiger charge is 2.32. The zero-order chi connectivity index (χ0) is 29.1. The molecule has 2 heterocycles. The van der Waals surface area contributed by atoms with Gasteiger partial charge in [0.15, 0.2) is 0 Å². The Morgan fingerprint density at radius 1 is 0.857 bits per heavy atom. The summed E-state index contributed by atoms with van der Waals surface area (Å²) in [6, 6.07) is 31.3. The maximum atomic E-state index is 13.8. The maximum Gasteiger partial charge on any atom is 0.264 e. The summed E-state index contributed by atoms with van der Waals surface area (Å²) in [5.74, 6) is -0.390. The summed E-state index contributed by atoms with van der Waals surface area (Å²) in [6.07, 6.45) is 1.56. The van der Waals surface area contributed by atoms with Gasteiger partial charge >= 0.3 is 0 Å². The van der Waals surface area contributed by atoms with E-state index in [-0.39, 0.29) is 22.7 Å². The molecule has 42 heavy (non-hydrogen) atoms. The van der Waals surface area contributed by atoms with Gasteiger partial charge in [-0.25, -0.2) is 12.8 Å². The number of rotatable bonds is 7. The van der Waals surface area contributed by atoms with Gasteiger partial charge in [-0.05, 0) is 59.7 Å². The first-order valence-corrected chi connectivity index (χ1v) is 15.1. The summed E-state index contributed by atoms with van der Waals surface area (Å²) >= 11 is 0. The van der Waals surface area contributed by atoms with Gasteiger partial charge in [-0.3, -0.25) is 19.4 Å². The monoisotopic (exact) mass is 580 g/mol. The Labute approximate surface area is 244 Å². The summed E-state index contributed by atoms with van der Waals surface area (Å²) in [6.45, 7) is 2.47. The van der Waals surface area contributed by atoms with Gasteiger partial charge in [0, 0.05) is 49.0 Å². The van der Waals surface area contributed by atoms with E-state index in [1.807, 2.05) is 47.4 Å². The average molecular weight is 581 g/mol. The summed E-state index contributed by atoms with van der Waals surface area (Å²) in [7, 11) is -3.91. The lowest BCUT2D eigenvalue weighted by molar-refractivity contribution is 0.0434. The highest BCUT2D eigenvalue weighted by molar-refractivity contribution is 7.93. The van der Waals surface area contributed by atoms with E-state index in [1.165, 1.54) is 18.2 Å². The number of pyridine rings is 1. The fourth-order valence-electron chi connectivity index (χ4n) is 5.38. The highest BCUT2D eigenvalue weighted by Crippen LogP contribution is 2.29. The number of carbonyl (C=O) groups is 1. The third-order valence-electron chi connectivity index (χ3n) is 7.50. The van der Waals surface area contributed by atoms with Crippen molar-refractivity contribution >= 4 is 32.5 Å². The fourth-order valence-corrected chi connectivity index (χ4v) is 6.62. The molecular formula is C33H29FN4O3S. The van der Waals surface area contributed by atoms with E-state index in [2.05, 4.69) is 14.6 Å². The second-order valence-corrected chi connectivity index (χ2v) is 12.0. The van der Waals surface area contributed by atoms with Gasteiger partial charge in [-0.15, -0.1) is 0 Å². The molecular weight excluding hydrogens is 551 g/mol. The van der Waals surface area contributed by atoms with Gasteiger partial charge in [-0.2, -0.15) is 0 Å². The lowest BCUT2D eigenvalue weighted by Gasteiger charge is -2.42. The summed E-state index contributed by atoms with van der Waals surface area (Å²) in [4.78, 5) is 22.3. The number of hydrogen-bond donors (Lipinski definition) is 1. The zero-order valence-corrected chi connectivity index (χ0v) is 23.5. The van der Waals surface area contributed by atoms with Crippen LogP contribution in [0.15, 0.2) is 120 Å². The van der Waals surface area contributed by atoms with E-state index in [1.54, 1.807) is 54.7 Å². The third-order valence-corrected chi connectivity index (χ3v) is 8.91. The molecule has 1 aliphatic heterocycles. The quantitative estimate of drug-likeness (QED) is 0.260. The number of aromatic nitrogens is 1. The molecule has 4 aromatic carbocycles. The van der Waals surface area contributed by atoms with Crippen LogP contribution in [0.25, 0.3) is 10.9 Å². The van der Waals surface area contributed by atoms with Crippen molar-refractivity contribution in [3.8, 4) is 0 Å². The van der Waals surface area contributed by atoms with E-state index >= 15 is 0 Å². The highest BCUT2D eigenvalue weighted by atomic mass is 32.2. The van der Waals surface area contributed by atoms with E-state index in [4.69, 9.17) is 0 Å². The van der Waals surface area contributed by atoms with Gasteiger partial charge in [0.25, 0.3) is 15.9 Å². The first-order valence-electron chi connectivity index (χ1n) is 13.7. The fraction of sp³-hybridized carbons (Fsp3) is 0.152. The van der Waals surface area contributed by atoms with Gasteiger partial charge in [0.2, 0.25) is 0 Å². The molecule has 1 aromatic heterocycles. The number of para-hydroxylation sites is 1. The van der Waals surface area contributed by atoms with E-state index in [0.717, 1.165) is 16.5 Å². The Balaban J connectivity index is 1.20. The number of amides is 1. The van der Waals surface area contributed by atoms with Crippen molar-refractivity contribution < 1.29 is 17.6 Å². The Bertz CT molecular complexity index is 1810. The number of hydrogen-bond acceptors (Lipinski definition) is 5. The molecule has 1 fully saturated rings. The topological polar surface area (TPSA) is 82.6 Å². The second-order valence-electron chi connectivity index (χ2n) is 10.3. The number of fused-ring (bicyclic) bond motifs is 1. The molecule has 7 nitrogen and oxygen atoms in total. The van der Waals surface area contributed by atoms with Crippen LogP contribution in [0.2, 0.25) is 0 Å². The molecule has 1 unspecified atom stereocenters. The van der Waals surface area contributed by atoms with Crippen LogP contribution in [0.5, 0.6) is 0 Å². The number of sulfonamides is 1. The molecule has 6 rings (SSSR count). The van der Waals surface area contributed by atoms with Crippen molar-refractivity contribution in [2.24, 2.45) is 0 Å². The average Bonchev–Trinajstić information content (AvgIpc) is 3.02. The summed E-state index contributed by atoms with van der Waals surface area (Å²) < 4.78 is 42.4. The van der Waals surface area contributed by atoms with Crippen molar-refractivity contribution in [3.05, 3.63) is 138 Å². The molecule has 1 amide bonds. The lowest BCUT2D eigenvalue weighted by atomic mass is 10.0. The molecule has 0 aliphatic carbocycles. The number of nitrogens with zero attached hydrogens (tertiary/aromatic N) is 3. The first kappa shape index (κ1) is 27.6. The smallest absolute Gasteiger partial charge is 0.264 e. The zero-order valence-electron chi connectivity index (χ0n) is 22.7. The maximum absolute atomic E-state index is 13.8. The molecule has 0 spiro atoms. The molecule has 5 aromatic rings. The van der Waals surface area contributed by atoms with Crippen LogP contribution in [-0.2, 0) is 16.6 Å². The molecule has 1 saturated heterocycles. The molecule has 0 bridgehead atoms. The third kappa shape index (κ3) is 5.88. The molecule has 212 valence electrons. The standard InChI is InChI=1S/C33H29FN4O3S/c34-28-15-11-24(12-16-28)22-37-20-21-38(30(23-37)25-6-2-1-3-7-25)33(39)27-13-17-29(18-14-27)36-42(40,41)31-10-4-8-26-9-5-19-35-32(26)31/h1-19,30,36H,20-23H2. The van der Waals surface area contributed by atoms with Gasteiger partial charge in [0.05, 0.1) is 11.6 Å². The largest absolute Gasteiger partial charge is 0.329 e. The van der Waals surface area contributed by atoms with Crippen LogP contribution in [0.3, 0.4) is 0 Å². The van der Waals surface area contributed by atoms with Crippen LogP contribution in [0.4, 0.5) is 10.1 Å². The second kappa shape index (κ2) is 11.7. The van der Waals surface area contributed by atoms with E-state index in [9.17, 15) is 17.6 Å². The number of anilines is 1. The minimum Gasteiger partial charge on any atom is -0.329 e. The Morgan fingerprint density at radius 3 is 2.36 bits per heavy atom. The lowest BCUT2D eigenvalue weighted by Crippen LogP contribution is -2.50. The number of benzene rings is 4. The number of piperazine rings is 1. The summed E-state index contributed by atoms with van der Waals surface area (Å²) in [5.41, 5.74) is 3.26. The van der Waals surface area contributed by atoms with Crippen LogP contribution in [-0.4, -0.2) is 48.7 Å². The van der Waals surface area contributed by atoms with E-state index < -0.39 is 10.0 Å². The van der Waals surface area contributed by atoms with Gasteiger partial charge < -0.3 is 4.90 Å². The van der Waals surface area contributed by atoms with Crippen molar-refractivity contribution in [2.75, 3.05) is 24.4 Å². The minimum absolute atomic E-state index is 0.0879. The van der Waals surface area contributed by atoms with Crippen molar-refractivity contribution in [3.63, 3.8) is 0 Å². The Morgan fingerprint density at radius 2 is 1.60 bits per heavy atom. The normalized spacial score (nSPS) is 15.9. The molecule has 0 radical (unpaired) electrons. The SMILES string of the molecule is O=C(c1ccc(NS(=O)(=O)c2cccc3cccnc23)cc1)N1CCN(Cc2ccc(F)cc2)CC1c1ccccc1. The number of carbonyl (C=O) groups excluding carboxylic acids is 1. The van der Waals surface area contributed by atoms with Crippen molar-refractivity contribution in [2.45, 2.75) is 17.5 Å². The van der Waals surface area contributed by atoms with Crippen LogP contribution < -0.4 is 4.72 Å². The minimum atomic E-state index is -3.91. The van der Waals surface area contributed by atoms with Crippen LogP contribution in [0.1, 0.15) is 27.5 Å². The van der Waals surface area contributed by atoms with Crippen LogP contribution in [0, 0.1) is 5.82 Å². The number of nitrogens with one attached hydrogen (secondary N) is 1. The molecule has 9 heteroatoms. The van der Waals surface area contributed by atoms with E-state index in [0.29, 0.717) is 42.9 Å². The predicted molar refractivity (Wildman–Crippen MR) is 161 cm³/mol. The van der Waals surface area contributed by atoms with Gasteiger partial charge in [0.1, 0.15) is 10.7 Å². The first-order chi connectivity index (χ1) is 20.4.